The molecule has 2 heterocycles. The summed E-state index contributed by atoms with van der Waals surface area (Å²) in [6, 6.07) is 11.7. The summed E-state index contributed by atoms with van der Waals surface area (Å²) in [5, 5.41) is 3.90. The Kier molecular flexibility index (Phi) is 4.89. The Morgan fingerprint density at radius 2 is 2.00 bits per heavy atom. The third-order valence-electron chi connectivity index (χ3n) is 6.53. The molecule has 1 aliphatic carbocycles. The number of hydrogen-bond donors (Lipinski definition) is 1. The lowest BCUT2D eigenvalue weighted by molar-refractivity contribution is -0.124. The van der Waals surface area contributed by atoms with Gasteiger partial charge in [-0.25, -0.2) is 0 Å². The fourth-order valence-corrected chi connectivity index (χ4v) is 5.07. The van der Waals surface area contributed by atoms with Crippen LogP contribution < -0.4 is 5.32 Å². The molecule has 0 aromatic heterocycles. The Balaban J connectivity index is 1.33. The largest absolute Gasteiger partial charge is 0.377 e. The first-order valence-corrected chi connectivity index (χ1v) is 9.81. The van der Waals surface area contributed by atoms with Crippen molar-refractivity contribution in [2.45, 2.75) is 58.0 Å². The number of morpholine rings is 1. The average molecular weight is 344 g/mol. The van der Waals surface area contributed by atoms with Crippen molar-refractivity contribution >= 4 is 0 Å². The van der Waals surface area contributed by atoms with Crippen molar-refractivity contribution in [3.63, 3.8) is 0 Å². The Labute approximate surface area is 151 Å². The van der Waals surface area contributed by atoms with Crippen LogP contribution in [0.3, 0.4) is 0 Å². The Hall–Kier alpha value is -0.940. The summed E-state index contributed by atoms with van der Waals surface area (Å²) in [4.78, 5) is 2.52. The maximum Gasteiger partial charge on any atom is 0.0852 e. The van der Waals surface area contributed by atoms with Crippen LogP contribution >= 0.6 is 0 Å². The quantitative estimate of drug-likeness (QED) is 0.890. The molecule has 3 fully saturated rings. The normalized spacial score (nSPS) is 35.8. The molecular weight excluding hydrogens is 312 g/mol. The van der Waals surface area contributed by atoms with Gasteiger partial charge in [0.2, 0.25) is 0 Å². The van der Waals surface area contributed by atoms with Crippen molar-refractivity contribution in [3.8, 4) is 0 Å². The summed E-state index contributed by atoms with van der Waals surface area (Å²) in [6.45, 7) is 11.8. The fourth-order valence-electron chi connectivity index (χ4n) is 5.07. The highest BCUT2D eigenvalue weighted by molar-refractivity contribution is 5.15. The maximum absolute atomic E-state index is 6.12. The van der Waals surface area contributed by atoms with Crippen LogP contribution in [0.1, 0.15) is 32.8 Å². The molecule has 1 aromatic carbocycles. The Morgan fingerprint density at radius 1 is 1.20 bits per heavy atom. The van der Waals surface area contributed by atoms with Gasteiger partial charge in [0.25, 0.3) is 0 Å². The molecule has 25 heavy (non-hydrogen) atoms. The molecule has 2 saturated heterocycles. The zero-order valence-corrected chi connectivity index (χ0v) is 15.8. The number of benzene rings is 1. The summed E-state index contributed by atoms with van der Waals surface area (Å²) in [6.07, 6.45) is 1.90. The lowest BCUT2D eigenvalue weighted by Crippen LogP contribution is -2.68. The van der Waals surface area contributed by atoms with Crippen LogP contribution in [-0.4, -0.2) is 55.5 Å². The molecule has 1 saturated carbocycles. The monoisotopic (exact) mass is 344 g/mol. The summed E-state index contributed by atoms with van der Waals surface area (Å²) < 4.78 is 12.0. The molecule has 0 amide bonds. The Morgan fingerprint density at radius 3 is 2.80 bits per heavy atom. The summed E-state index contributed by atoms with van der Waals surface area (Å²) in [5.41, 5.74) is 1.61. The molecule has 4 nitrogen and oxygen atoms in total. The number of rotatable bonds is 5. The molecule has 0 radical (unpaired) electrons. The average Bonchev–Trinajstić information content (AvgIpc) is 3.08. The van der Waals surface area contributed by atoms with Crippen molar-refractivity contribution < 1.29 is 9.47 Å². The number of nitrogens with one attached hydrogen (secondary N) is 1. The number of fused-ring (bicyclic) bond motifs is 1. The van der Waals surface area contributed by atoms with Crippen molar-refractivity contribution in [3.05, 3.63) is 35.9 Å². The molecule has 2 aliphatic heterocycles. The minimum absolute atomic E-state index is 0.230. The van der Waals surface area contributed by atoms with Gasteiger partial charge in [-0.3, -0.25) is 4.90 Å². The van der Waals surface area contributed by atoms with Crippen molar-refractivity contribution in [2.24, 2.45) is 11.3 Å². The lowest BCUT2D eigenvalue weighted by atomic mass is 9.57. The highest BCUT2D eigenvalue weighted by atomic mass is 16.5. The molecule has 4 heteroatoms. The lowest BCUT2D eigenvalue weighted by Gasteiger charge is -2.56. The second kappa shape index (κ2) is 6.99. The van der Waals surface area contributed by atoms with Gasteiger partial charge in [0.1, 0.15) is 0 Å². The van der Waals surface area contributed by atoms with Gasteiger partial charge in [-0.1, -0.05) is 44.2 Å². The first-order valence-electron chi connectivity index (χ1n) is 9.81. The van der Waals surface area contributed by atoms with Gasteiger partial charge in [0.05, 0.1) is 18.8 Å². The van der Waals surface area contributed by atoms with Gasteiger partial charge in [0, 0.05) is 49.7 Å². The summed E-state index contributed by atoms with van der Waals surface area (Å²) in [5.74, 6) is 0.682. The van der Waals surface area contributed by atoms with E-state index in [-0.39, 0.29) is 11.5 Å². The van der Waals surface area contributed by atoms with E-state index in [1.807, 2.05) is 0 Å². The van der Waals surface area contributed by atoms with Crippen LogP contribution in [0.5, 0.6) is 0 Å². The van der Waals surface area contributed by atoms with E-state index in [4.69, 9.17) is 9.47 Å². The molecule has 1 N–H and O–H groups in total. The second-order valence-electron chi connectivity index (χ2n) is 8.63. The second-order valence-corrected chi connectivity index (χ2v) is 8.63. The maximum atomic E-state index is 6.12. The van der Waals surface area contributed by atoms with Crippen molar-refractivity contribution in [1.29, 1.82) is 0 Å². The molecule has 3 aliphatic rings. The molecule has 0 unspecified atom stereocenters. The Bertz CT molecular complexity index is 577. The number of ether oxygens (including phenoxy) is 2. The summed E-state index contributed by atoms with van der Waals surface area (Å²) in [7, 11) is 0. The highest BCUT2D eigenvalue weighted by Gasteiger charge is 2.59. The molecule has 4 rings (SSSR count). The van der Waals surface area contributed by atoms with Crippen LogP contribution in [-0.2, 0) is 16.0 Å². The minimum atomic E-state index is 0.230. The topological polar surface area (TPSA) is 33.7 Å². The van der Waals surface area contributed by atoms with E-state index in [9.17, 15) is 0 Å². The van der Waals surface area contributed by atoms with Gasteiger partial charge in [0.15, 0.2) is 0 Å². The predicted molar refractivity (Wildman–Crippen MR) is 99.5 cm³/mol. The first kappa shape index (κ1) is 17.5. The molecule has 0 spiro atoms. The standard InChI is InChI=1S/C21H32N2O2/c1-15(22-19-17-9-11-25-20(17)21(19,2)3)18-14-23(10-12-24-18)13-16-7-5-4-6-8-16/h4-8,15,17-20,22H,9-14H2,1-3H3/t15-,17-,18+,19+,20-/m0/s1. The molecular formula is C21H32N2O2. The van der Waals surface area contributed by atoms with Crippen molar-refractivity contribution in [1.82, 2.24) is 10.2 Å². The molecule has 138 valence electrons. The third-order valence-corrected chi connectivity index (χ3v) is 6.53. The summed E-state index contributed by atoms with van der Waals surface area (Å²) >= 11 is 0. The van der Waals surface area contributed by atoms with Crippen LogP contribution in [0, 0.1) is 11.3 Å². The minimum Gasteiger partial charge on any atom is -0.377 e. The van der Waals surface area contributed by atoms with Crippen molar-refractivity contribution in [2.75, 3.05) is 26.3 Å². The van der Waals surface area contributed by atoms with E-state index in [1.165, 1.54) is 12.0 Å². The highest BCUT2D eigenvalue weighted by Crippen LogP contribution is 2.52. The van der Waals surface area contributed by atoms with E-state index in [0.717, 1.165) is 32.8 Å². The van der Waals surface area contributed by atoms with E-state index >= 15 is 0 Å². The fraction of sp³-hybridized carbons (Fsp3) is 0.714. The third kappa shape index (κ3) is 3.37. The van der Waals surface area contributed by atoms with Crippen LogP contribution in [0.4, 0.5) is 0 Å². The SMILES string of the molecule is C[C@H](N[C@@H]1[C@@H]2CCO[C@@H]2C1(C)C)[C@H]1CN(Cc2ccccc2)CCO1. The molecule has 0 bridgehead atoms. The van der Waals surface area contributed by atoms with Gasteiger partial charge in [-0.15, -0.1) is 0 Å². The molecule has 1 aromatic rings. The van der Waals surface area contributed by atoms with Gasteiger partial charge < -0.3 is 14.8 Å². The van der Waals surface area contributed by atoms with E-state index < -0.39 is 0 Å². The van der Waals surface area contributed by atoms with Gasteiger partial charge >= 0.3 is 0 Å². The zero-order valence-electron chi connectivity index (χ0n) is 15.8. The smallest absolute Gasteiger partial charge is 0.0852 e. The predicted octanol–water partition coefficient (Wildman–Crippen LogP) is 2.68. The first-order chi connectivity index (χ1) is 12.1. The van der Waals surface area contributed by atoms with E-state index in [0.29, 0.717) is 24.1 Å². The number of hydrogen-bond acceptors (Lipinski definition) is 4. The van der Waals surface area contributed by atoms with Crippen LogP contribution in [0.25, 0.3) is 0 Å². The van der Waals surface area contributed by atoms with Crippen LogP contribution in [0.2, 0.25) is 0 Å². The zero-order chi connectivity index (χ0) is 17.4. The van der Waals surface area contributed by atoms with E-state index in [1.54, 1.807) is 0 Å². The van der Waals surface area contributed by atoms with Crippen LogP contribution in [0.15, 0.2) is 30.3 Å². The number of nitrogens with zero attached hydrogens (tertiary/aromatic N) is 1. The van der Waals surface area contributed by atoms with Gasteiger partial charge in [-0.05, 0) is 18.9 Å². The molecule has 5 atom stereocenters. The van der Waals surface area contributed by atoms with E-state index in [2.05, 4.69) is 61.3 Å². The van der Waals surface area contributed by atoms with Gasteiger partial charge in [-0.2, -0.15) is 0 Å².